The van der Waals surface area contributed by atoms with Crippen LogP contribution in [0.5, 0.6) is 0 Å². The van der Waals surface area contributed by atoms with Gasteiger partial charge in [-0.3, -0.25) is 0 Å². The lowest BCUT2D eigenvalue weighted by Gasteiger charge is -2.10. The zero-order valence-electron chi connectivity index (χ0n) is 8.34. The van der Waals surface area contributed by atoms with Crippen LogP contribution in [0.25, 0.3) is 6.08 Å². The van der Waals surface area contributed by atoms with Crippen LogP contribution in [0.15, 0.2) is 29.2 Å². The SMILES string of the molecule is FC(F)(F)c1ccccc1C=C1CNCS1. The van der Waals surface area contributed by atoms with E-state index in [1.54, 1.807) is 12.1 Å². The van der Waals surface area contributed by atoms with Crippen molar-refractivity contribution >= 4 is 17.8 Å². The van der Waals surface area contributed by atoms with Crippen molar-refractivity contribution < 1.29 is 13.2 Å². The second-order valence-electron chi connectivity index (χ2n) is 3.41. The van der Waals surface area contributed by atoms with E-state index in [2.05, 4.69) is 5.32 Å². The maximum Gasteiger partial charge on any atom is 0.416 e. The number of hydrogen-bond acceptors (Lipinski definition) is 2. The number of thioether (sulfide) groups is 1. The van der Waals surface area contributed by atoms with Gasteiger partial charge in [-0.25, -0.2) is 0 Å². The summed E-state index contributed by atoms with van der Waals surface area (Å²) in [5.74, 6) is 0.764. The second-order valence-corrected chi connectivity index (χ2v) is 4.51. The van der Waals surface area contributed by atoms with Gasteiger partial charge in [0.25, 0.3) is 0 Å². The summed E-state index contributed by atoms with van der Waals surface area (Å²) in [5.41, 5.74) is -0.337. The molecule has 1 aromatic carbocycles. The Balaban J connectivity index is 2.37. The topological polar surface area (TPSA) is 12.0 Å². The molecule has 86 valence electrons. The Labute approximate surface area is 95.7 Å². The van der Waals surface area contributed by atoms with Gasteiger partial charge in [0.1, 0.15) is 0 Å². The Bertz CT molecular complexity index is 404. The van der Waals surface area contributed by atoms with E-state index in [0.29, 0.717) is 6.54 Å². The zero-order valence-corrected chi connectivity index (χ0v) is 9.16. The average Bonchev–Trinajstić information content (AvgIpc) is 2.70. The van der Waals surface area contributed by atoms with Crippen LogP contribution in [0, 0.1) is 0 Å². The maximum atomic E-state index is 12.7. The predicted molar refractivity (Wildman–Crippen MR) is 59.9 cm³/mol. The van der Waals surface area contributed by atoms with Crippen LogP contribution in [0.3, 0.4) is 0 Å². The monoisotopic (exact) mass is 245 g/mol. The third-order valence-electron chi connectivity index (χ3n) is 2.24. The van der Waals surface area contributed by atoms with Crippen molar-refractivity contribution in [1.29, 1.82) is 0 Å². The summed E-state index contributed by atoms with van der Waals surface area (Å²) in [6.45, 7) is 0.650. The van der Waals surface area contributed by atoms with Gasteiger partial charge in [0, 0.05) is 17.3 Å². The maximum absolute atomic E-state index is 12.7. The van der Waals surface area contributed by atoms with Crippen molar-refractivity contribution in [2.24, 2.45) is 0 Å². The standard InChI is InChI=1S/C11H10F3NS/c12-11(13,14)10-4-2-1-3-8(10)5-9-6-15-7-16-9/h1-5,15H,6-7H2. The van der Waals surface area contributed by atoms with Gasteiger partial charge in [-0.2, -0.15) is 13.2 Å². The lowest BCUT2D eigenvalue weighted by Crippen LogP contribution is -2.07. The summed E-state index contributed by atoms with van der Waals surface area (Å²) in [6, 6.07) is 5.63. The van der Waals surface area contributed by atoms with Gasteiger partial charge in [-0.05, 0) is 17.7 Å². The number of rotatable bonds is 1. The third kappa shape index (κ3) is 2.59. The molecule has 1 aliphatic heterocycles. The molecule has 5 heteroatoms. The number of benzene rings is 1. The molecule has 0 aliphatic carbocycles. The van der Waals surface area contributed by atoms with Gasteiger partial charge >= 0.3 is 6.18 Å². The van der Waals surface area contributed by atoms with E-state index in [1.807, 2.05) is 0 Å². The van der Waals surface area contributed by atoms with E-state index in [9.17, 15) is 13.2 Å². The quantitative estimate of drug-likeness (QED) is 0.814. The zero-order chi connectivity index (χ0) is 11.6. The molecule has 0 bridgehead atoms. The molecule has 1 N–H and O–H groups in total. The third-order valence-corrected chi connectivity index (χ3v) is 3.22. The molecule has 2 rings (SSSR count). The van der Waals surface area contributed by atoms with Crippen molar-refractivity contribution in [3.63, 3.8) is 0 Å². The number of hydrogen-bond donors (Lipinski definition) is 1. The molecule has 16 heavy (non-hydrogen) atoms. The van der Waals surface area contributed by atoms with E-state index in [4.69, 9.17) is 0 Å². The fraction of sp³-hybridized carbons (Fsp3) is 0.273. The molecule has 1 fully saturated rings. The molecule has 1 aromatic rings. The van der Waals surface area contributed by atoms with Crippen molar-refractivity contribution in [2.75, 3.05) is 12.4 Å². The van der Waals surface area contributed by atoms with E-state index in [0.717, 1.165) is 16.8 Å². The van der Waals surface area contributed by atoms with Crippen molar-refractivity contribution in [1.82, 2.24) is 5.32 Å². The van der Waals surface area contributed by atoms with Gasteiger partial charge in [-0.1, -0.05) is 18.2 Å². The Morgan fingerprint density at radius 3 is 2.62 bits per heavy atom. The summed E-state index contributed by atoms with van der Waals surface area (Å²) < 4.78 is 38.0. The van der Waals surface area contributed by atoms with Crippen molar-refractivity contribution in [3.05, 3.63) is 40.3 Å². The molecule has 0 aromatic heterocycles. The highest BCUT2D eigenvalue weighted by atomic mass is 32.2. The highest BCUT2D eigenvalue weighted by molar-refractivity contribution is 8.03. The molecule has 0 spiro atoms. The number of alkyl halides is 3. The summed E-state index contributed by atoms with van der Waals surface area (Å²) in [7, 11) is 0. The average molecular weight is 245 g/mol. The van der Waals surface area contributed by atoms with Crippen LogP contribution in [0.2, 0.25) is 0 Å². The summed E-state index contributed by atoms with van der Waals surface area (Å²) in [5, 5.41) is 3.06. The Morgan fingerprint density at radius 2 is 2.00 bits per heavy atom. The first-order valence-electron chi connectivity index (χ1n) is 4.78. The normalized spacial score (nSPS) is 19.3. The fourth-order valence-electron chi connectivity index (χ4n) is 1.52. The fourth-order valence-corrected chi connectivity index (χ4v) is 2.32. The van der Waals surface area contributed by atoms with E-state index < -0.39 is 11.7 Å². The molecule has 1 nitrogen and oxygen atoms in total. The van der Waals surface area contributed by atoms with Crippen molar-refractivity contribution in [2.45, 2.75) is 6.18 Å². The Morgan fingerprint density at radius 1 is 1.25 bits per heavy atom. The summed E-state index contributed by atoms with van der Waals surface area (Å²) in [4.78, 5) is 0.941. The van der Waals surface area contributed by atoms with Crippen LogP contribution >= 0.6 is 11.8 Å². The largest absolute Gasteiger partial charge is 0.416 e. The van der Waals surface area contributed by atoms with Crippen LogP contribution < -0.4 is 5.32 Å². The molecule has 0 atom stereocenters. The smallest absolute Gasteiger partial charge is 0.303 e. The molecule has 1 heterocycles. The minimum absolute atomic E-state index is 0.237. The molecular formula is C11H10F3NS. The van der Waals surface area contributed by atoms with Gasteiger partial charge in [-0.15, -0.1) is 11.8 Å². The van der Waals surface area contributed by atoms with E-state index in [1.165, 1.54) is 23.9 Å². The van der Waals surface area contributed by atoms with Crippen LogP contribution in [0.4, 0.5) is 13.2 Å². The predicted octanol–water partition coefficient (Wildman–Crippen LogP) is 3.34. The minimum Gasteiger partial charge on any atom is -0.303 e. The van der Waals surface area contributed by atoms with Gasteiger partial charge in [0.15, 0.2) is 0 Å². The van der Waals surface area contributed by atoms with E-state index in [-0.39, 0.29) is 5.56 Å². The molecule has 1 saturated heterocycles. The van der Waals surface area contributed by atoms with Gasteiger partial charge in [0.2, 0.25) is 0 Å². The van der Waals surface area contributed by atoms with Gasteiger partial charge < -0.3 is 5.32 Å². The molecule has 0 unspecified atom stereocenters. The summed E-state index contributed by atoms with van der Waals surface area (Å²) in [6.07, 6.45) is -2.68. The highest BCUT2D eigenvalue weighted by Crippen LogP contribution is 2.34. The first kappa shape index (κ1) is 11.5. The molecule has 0 radical (unpaired) electrons. The van der Waals surface area contributed by atoms with Crippen LogP contribution in [0.1, 0.15) is 11.1 Å². The molecule has 0 saturated carbocycles. The Hall–Kier alpha value is -0.940. The second kappa shape index (κ2) is 4.51. The van der Waals surface area contributed by atoms with Crippen LogP contribution in [-0.2, 0) is 6.18 Å². The number of halogens is 3. The Kier molecular flexibility index (Phi) is 3.25. The molecular weight excluding hydrogens is 235 g/mol. The number of nitrogens with one attached hydrogen (secondary N) is 1. The van der Waals surface area contributed by atoms with E-state index >= 15 is 0 Å². The summed E-state index contributed by atoms with van der Waals surface area (Å²) >= 11 is 1.54. The van der Waals surface area contributed by atoms with Crippen molar-refractivity contribution in [3.8, 4) is 0 Å². The molecule has 0 amide bonds. The van der Waals surface area contributed by atoms with Gasteiger partial charge in [0.05, 0.1) is 5.56 Å². The molecule has 1 aliphatic rings. The first-order valence-corrected chi connectivity index (χ1v) is 5.76. The lowest BCUT2D eigenvalue weighted by molar-refractivity contribution is -0.137. The first-order chi connectivity index (χ1) is 7.57. The minimum atomic E-state index is -4.29. The highest BCUT2D eigenvalue weighted by Gasteiger charge is 2.32. The lowest BCUT2D eigenvalue weighted by atomic mass is 10.1. The van der Waals surface area contributed by atoms with Crippen LogP contribution in [-0.4, -0.2) is 12.4 Å².